The van der Waals surface area contributed by atoms with Crippen LogP contribution in [0.4, 0.5) is 0 Å². The lowest BCUT2D eigenvalue weighted by Crippen LogP contribution is -2.38. The lowest BCUT2D eigenvalue weighted by atomic mass is 11.7. The van der Waals surface area contributed by atoms with E-state index in [2.05, 4.69) is 19.6 Å². The van der Waals surface area contributed by atoms with Gasteiger partial charge in [0, 0.05) is 26.4 Å². The van der Waals surface area contributed by atoms with Gasteiger partial charge in [0.2, 0.25) is 0 Å². The van der Waals surface area contributed by atoms with Crippen molar-refractivity contribution in [1.29, 1.82) is 0 Å². The summed E-state index contributed by atoms with van der Waals surface area (Å²) in [6.45, 7) is 7.65. The highest BCUT2D eigenvalue weighted by molar-refractivity contribution is 6.98. The maximum atomic E-state index is 2.56. The van der Waals surface area contributed by atoms with E-state index < -0.39 is 8.07 Å². The van der Waals surface area contributed by atoms with Crippen LogP contribution in [0.3, 0.4) is 0 Å². The van der Waals surface area contributed by atoms with Crippen LogP contribution in [0, 0.1) is 0 Å². The summed E-state index contributed by atoms with van der Waals surface area (Å²) in [5.74, 6) is 0. The van der Waals surface area contributed by atoms with Gasteiger partial charge in [0.1, 0.15) is 0 Å². The molecule has 1 rings (SSSR count). The van der Waals surface area contributed by atoms with Gasteiger partial charge in [-0.15, -0.1) is 0 Å². The fourth-order valence-electron chi connectivity index (χ4n) is 1.56. The summed E-state index contributed by atoms with van der Waals surface area (Å²) in [4.78, 5) is 0. The molecule has 0 amide bonds. The first-order valence-electron chi connectivity index (χ1n) is 3.62. The molecule has 0 bridgehead atoms. The SMILES string of the molecule is C[Si]1C[Si]C[Si](C)(C)C1. The minimum absolute atomic E-state index is 0.175. The number of hydrogen-bond donors (Lipinski definition) is 0. The van der Waals surface area contributed by atoms with Crippen LogP contribution < -0.4 is 0 Å². The van der Waals surface area contributed by atoms with E-state index in [-0.39, 0.29) is 8.80 Å². The summed E-state index contributed by atoms with van der Waals surface area (Å²) in [5, 5.41) is 0. The van der Waals surface area contributed by atoms with Crippen molar-refractivity contribution < 1.29 is 0 Å². The van der Waals surface area contributed by atoms with Crippen LogP contribution in [-0.4, -0.2) is 26.4 Å². The van der Waals surface area contributed by atoms with Gasteiger partial charge < -0.3 is 0 Å². The molecule has 0 aromatic rings. The number of hydrogen-bond acceptors (Lipinski definition) is 0. The van der Waals surface area contributed by atoms with Gasteiger partial charge in [0.15, 0.2) is 0 Å². The molecular formula is C6H15Si3. The predicted octanol–water partition coefficient (Wildman–Crippen LogP) is 1.99. The van der Waals surface area contributed by atoms with E-state index in [1.54, 1.807) is 17.0 Å². The van der Waals surface area contributed by atoms with Crippen molar-refractivity contribution in [2.24, 2.45) is 0 Å². The number of rotatable bonds is 0. The maximum absolute atomic E-state index is 2.56. The monoisotopic (exact) mass is 171 g/mol. The highest BCUT2D eigenvalue weighted by Gasteiger charge is 2.28. The quantitative estimate of drug-likeness (QED) is 0.489. The van der Waals surface area contributed by atoms with Gasteiger partial charge in [-0.05, 0) is 0 Å². The smallest absolute Gasteiger partial charge is 0.0415 e. The Labute approximate surface area is 63.5 Å². The molecule has 0 atom stereocenters. The second-order valence-electron chi connectivity index (χ2n) is 3.90. The maximum Gasteiger partial charge on any atom is 0.0415 e. The van der Waals surface area contributed by atoms with Crippen LogP contribution in [0.2, 0.25) is 36.6 Å². The Morgan fingerprint density at radius 3 is 2.44 bits per heavy atom. The molecule has 0 N–H and O–H groups in total. The molecule has 0 saturated carbocycles. The van der Waals surface area contributed by atoms with Crippen molar-refractivity contribution in [1.82, 2.24) is 0 Å². The third-order valence-corrected chi connectivity index (χ3v) is 16.3. The zero-order valence-electron chi connectivity index (χ0n) is 6.62. The lowest BCUT2D eigenvalue weighted by Gasteiger charge is -2.30. The van der Waals surface area contributed by atoms with Gasteiger partial charge in [0.05, 0.1) is 0 Å². The van der Waals surface area contributed by atoms with Gasteiger partial charge in [0.25, 0.3) is 0 Å². The van der Waals surface area contributed by atoms with Crippen LogP contribution in [0.25, 0.3) is 0 Å². The first-order valence-corrected chi connectivity index (χ1v) is 10.9. The van der Waals surface area contributed by atoms with Gasteiger partial charge in [-0.25, -0.2) is 0 Å². The largest absolute Gasteiger partial charge is 0.0715 e. The fraction of sp³-hybridized carbons (Fsp3) is 1.00. The summed E-state index contributed by atoms with van der Waals surface area (Å²) in [5.41, 5.74) is 4.95. The molecule has 1 aliphatic rings. The Balaban J connectivity index is 2.41. The Morgan fingerprint density at radius 1 is 1.44 bits per heavy atom. The normalized spacial score (nSPS) is 28.3. The molecule has 1 heterocycles. The van der Waals surface area contributed by atoms with Crippen molar-refractivity contribution in [3.05, 3.63) is 0 Å². The molecular weight excluding hydrogens is 156 g/mol. The molecule has 3 radical (unpaired) electrons. The zero-order valence-corrected chi connectivity index (χ0v) is 9.62. The van der Waals surface area contributed by atoms with E-state index in [0.717, 1.165) is 0 Å². The van der Waals surface area contributed by atoms with Crippen LogP contribution in [0.5, 0.6) is 0 Å². The van der Waals surface area contributed by atoms with Gasteiger partial charge in [-0.3, -0.25) is 0 Å². The molecule has 51 valence electrons. The minimum Gasteiger partial charge on any atom is -0.0715 e. The first-order chi connectivity index (χ1) is 4.10. The van der Waals surface area contributed by atoms with Crippen LogP contribution in [0.1, 0.15) is 0 Å². The Kier molecular flexibility index (Phi) is 2.34. The summed E-state index contributed by atoms with van der Waals surface area (Å²) in [6.07, 6.45) is 0. The van der Waals surface area contributed by atoms with Crippen LogP contribution >= 0.6 is 0 Å². The molecule has 3 heteroatoms. The van der Waals surface area contributed by atoms with E-state index in [0.29, 0.717) is 0 Å². The molecule has 1 saturated heterocycles. The average molecular weight is 171 g/mol. The Morgan fingerprint density at radius 2 is 2.11 bits per heavy atom. The Hall–Kier alpha value is 0.651. The fourth-order valence-corrected chi connectivity index (χ4v) is 17.4. The average Bonchev–Trinajstić information content (AvgIpc) is 1.60. The standard InChI is InChI=1S/C6H15Si3/c1-8-4-7-5-9(2,3)6-8/h4-6H2,1-3H3. The molecule has 0 aromatic carbocycles. The third-order valence-electron chi connectivity index (χ3n) is 1.81. The molecule has 0 aromatic heterocycles. The van der Waals surface area contributed by atoms with E-state index >= 15 is 0 Å². The van der Waals surface area contributed by atoms with Crippen molar-refractivity contribution in [3.63, 3.8) is 0 Å². The highest BCUT2D eigenvalue weighted by atomic mass is 28.4. The third kappa shape index (κ3) is 2.39. The molecule has 1 fully saturated rings. The van der Waals surface area contributed by atoms with Gasteiger partial charge in [-0.1, -0.05) is 36.6 Å². The molecule has 0 unspecified atom stereocenters. The molecule has 0 nitrogen and oxygen atoms in total. The minimum atomic E-state index is -0.596. The van der Waals surface area contributed by atoms with Crippen LogP contribution in [0.15, 0.2) is 0 Å². The van der Waals surface area contributed by atoms with Crippen LogP contribution in [-0.2, 0) is 0 Å². The van der Waals surface area contributed by atoms with Crippen molar-refractivity contribution >= 4 is 26.4 Å². The molecule has 0 spiro atoms. The lowest BCUT2D eigenvalue weighted by molar-refractivity contribution is 1.48. The molecule has 0 aliphatic carbocycles. The summed E-state index contributed by atoms with van der Waals surface area (Å²) in [7, 11) is 0.919. The molecule has 9 heavy (non-hydrogen) atoms. The second kappa shape index (κ2) is 2.72. The van der Waals surface area contributed by atoms with E-state index in [4.69, 9.17) is 0 Å². The van der Waals surface area contributed by atoms with E-state index in [1.807, 2.05) is 0 Å². The zero-order chi connectivity index (χ0) is 6.91. The Bertz CT molecular complexity index is 100. The first kappa shape index (κ1) is 7.75. The van der Waals surface area contributed by atoms with Crippen molar-refractivity contribution in [2.45, 2.75) is 36.6 Å². The molecule has 1 aliphatic heterocycles. The topological polar surface area (TPSA) is 0 Å². The highest BCUT2D eigenvalue weighted by Crippen LogP contribution is 2.22. The van der Waals surface area contributed by atoms with Crippen molar-refractivity contribution in [3.8, 4) is 0 Å². The van der Waals surface area contributed by atoms with Gasteiger partial charge >= 0.3 is 0 Å². The van der Waals surface area contributed by atoms with E-state index in [1.165, 1.54) is 9.52 Å². The predicted molar refractivity (Wildman–Crippen MR) is 49.3 cm³/mol. The summed E-state index contributed by atoms with van der Waals surface area (Å²) < 4.78 is 0. The second-order valence-corrected chi connectivity index (χ2v) is 14.9. The summed E-state index contributed by atoms with van der Waals surface area (Å²) in [6, 6.07) is 0. The van der Waals surface area contributed by atoms with Crippen molar-refractivity contribution in [2.75, 3.05) is 0 Å². The van der Waals surface area contributed by atoms with E-state index in [9.17, 15) is 0 Å². The van der Waals surface area contributed by atoms with Gasteiger partial charge in [-0.2, -0.15) is 0 Å². The summed E-state index contributed by atoms with van der Waals surface area (Å²) >= 11 is 0.